The van der Waals surface area contributed by atoms with E-state index in [0.717, 1.165) is 25.7 Å². The van der Waals surface area contributed by atoms with E-state index in [-0.39, 0.29) is 24.6 Å². The number of rotatable bonds is 4. The number of hydrogen-bond donors (Lipinski definition) is 2. The molecule has 2 N–H and O–H groups in total. The summed E-state index contributed by atoms with van der Waals surface area (Å²) in [5.74, 6) is 0.704. The van der Waals surface area contributed by atoms with E-state index in [1.807, 2.05) is 0 Å². The van der Waals surface area contributed by atoms with Crippen molar-refractivity contribution in [1.82, 2.24) is 10.3 Å². The minimum Gasteiger partial charge on any atom is -0.454 e. The number of hydrogen-bond acceptors (Lipinski definition) is 5. The first-order valence-corrected chi connectivity index (χ1v) is 8.66. The summed E-state index contributed by atoms with van der Waals surface area (Å²) in [6, 6.07) is 6.94. The van der Waals surface area contributed by atoms with E-state index in [1.165, 1.54) is 12.4 Å². The van der Waals surface area contributed by atoms with E-state index in [1.54, 1.807) is 24.3 Å². The number of pyridine rings is 1. The van der Waals surface area contributed by atoms with Crippen molar-refractivity contribution in [2.45, 2.75) is 31.7 Å². The number of benzene rings is 1. The average Bonchev–Trinajstić information content (AvgIpc) is 3.33. The molecule has 2 aliphatic rings. The zero-order valence-corrected chi connectivity index (χ0v) is 14.2. The zero-order valence-electron chi connectivity index (χ0n) is 14.2. The summed E-state index contributed by atoms with van der Waals surface area (Å²) in [7, 11) is 0. The Hall–Kier alpha value is -3.09. The van der Waals surface area contributed by atoms with Gasteiger partial charge in [-0.25, -0.2) is 0 Å². The lowest BCUT2D eigenvalue weighted by Gasteiger charge is -2.12. The smallest absolute Gasteiger partial charge is 0.257 e. The molecular formula is C19H19N3O4. The van der Waals surface area contributed by atoms with Crippen LogP contribution in [0.3, 0.4) is 0 Å². The molecule has 0 unspecified atom stereocenters. The van der Waals surface area contributed by atoms with Gasteiger partial charge in [0, 0.05) is 30.2 Å². The Bertz CT molecular complexity index is 846. The molecule has 1 aromatic carbocycles. The van der Waals surface area contributed by atoms with Crippen molar-refractivity contribution < 1.29 is 19.1 Å². The number of carbonyl (C=O) groups is 2. The number of aromatic nitrogens is 1. The van der Waals surface area contributed by atoms with Crippen molar-refractivity contribution >= 4 is 17.5 Å². The monoisotopic (exact) mass is 353 g/mol. The Labute approximate surface area is 150 Å². The second kappa shape index (κ2) is 7.03. The molecule has 2 aromatic rings. The molecule has 1 saturated carbocycles. The summed E-state index contributed by atoms with van der Waals surface area (Å²) >= 11 is 0. The van der Waals surface area contributed by atoms with Crippen LogP contribution in [-0.2, 0) is 0 Å². The van der Waals surface area contributed by atoms with Gasteiger partial charge in [0.25, 0.3) is 11.8 Å². The lowest BCUT2D eigenvalue weighted by molar-refractivity contribution is 0.0937. The third-order valence-corrected chi connectivity index (χ3v) is 4.58. The molecule has 0 radical (unpaired) electrons. The summed E-state index contributed by atoms with van der Waals surface area (Å²) in [5, 5.41) is 5.78. The normalized spacial score (nSPS) is 15.7. The van der Waals surface area contributed by atoms with Crippen molar-refractivity contribution in [3.8, 4) is 11.5 Å². The fourth-order valence-electron chi connectivity index (χ4n) is 3.20. The summed E-state index contributed by atoms with van der Waals surface area (Å²) < 4.78 is 10.6. The topological polar surface area (TPSA) is 89.6 Å². The van der Waals surface area contributed by atoms with Gasteiger partial charge in [-0.2, -0.15) is 0 Å². The third-order valence-electron chi connectivity index (χ3n) is 4.58. The van der Waals surface area contributed by atoms with Gasteiger partial charge in [-0.1, -0.05) is 12.8 Å². The van der Waals surface area contributed by atoms with Crippen LogP contribution < -0.4 is 20.1 Å². The molecule has 0 saturated heterocycles. The highest BCUT2D eigenvalue weighted by Gasteiger charge is 2.19. The molecule has 0 spiro atoms. The van der Waals surface area contributed by atoms with Crippen LogP contribution in [0.2, 0.25) is 0 Å². The van der Waals surface area contributed by atoms with Crippen LogP contribution in [0.25, 0.3) is 0 Å². The van der Waals surface area contributed by atoms with Gasteiger partial charge in [-0.15, -0.1) is 0 Å². The molecule has 134 valence electrons. The van der Waals surface area contributed by atoms with Gasteiger partial charge in [-0.3, -0.25) is 14.6 Å². The van der Waals surface area contributed by atoms with Gasteiger partial charge in [0.1, 0.15) is 0 Å². The predicted molar refractivity (Wildman–Crippen MR) is 94.5 cm³/mol. The lowest BCUT2D eigenvalue weighted by atomic mass is 10.1. The summed E-state index contributed by atoms with van der Waals surface area (Å²) in [5.41, 5.74) is 1.29. The zero-order chi connectivity index (χ0) is 17.9. The lowest BCUT2D eigenvalue weighted by Crippen LogP contribution is -2.32. The number of anilines is 1. The predicted octanol–water partition coefficient (Wildman–Crippen LogP) is 2.74. The summed E-state index contributed by atoms with van der Waals surface area (Å²) in [6.07, 6.45) is 7.20. The molecule has 2 amide bonds. The molecular weight excluding hydrogens is 334 g/mol. The SMILES string of the molecule is O=C(Nc1ccc2c(c1)OCO2)c1cncc(C(=O)NC2CCCC2)c1. The Kier molecular flexibility index (Phi) is 4.43. The van der Waals surface area contributed by atoms with E-state index in [0.29, 0.717) is 28.3 Å². The molecule has 7 nitrogen and oxygen atoms in total. The molecule has 1 aliphatic carbocycles. The van der Waals surface area contributed by atoms with E-state index in [2.05, 4.69) is 15.6 Å². The first-order chi connectivity index (χ1) is 12.7. The fourth-order valence-corrected chi connectivity index (χ4v) is 3.20. The minimum absolute atomic E-state index is 0.175. The summed E-state index contributed by atoms with van der Waals surface area (Å²) in [6.45, 7) is 0.175. The number of fused-ring (bicyclic) bond motifs is 1. The standard InChI is InChI=1S/C19H19N3O4/c23-18(21-14-3-1-2-4-14)12-7-13(10-20-9-12)19(24)22-15-5-6-16-17(8-15)26-11-25-16/h5-10,14H,1-4,11H2,(H,21,23)(H,22,24). The van der Waals surface area contributed by atoms with Crippen molar-refractivity contribution in [2.24, 2.45) is 0 Å². The molecule has 1 fully saturated rings. The Morgan fingerprint density at radius 2 is 1.69 bits per heavy atom. The largest absolute Gasteiger partial charge is 0.454 e. The van der Waals surface area contributed by atoms with Crippen LogP contribution in [-0.4, -0.2) is 29.6 Å². The van der Waals surface area contributed by atoms with E-state index >= 15 is 0 Å². The van der Waals surface area contributed by atoms with Crippen LogP contribution in [0.15, 0.2) is 36.7 Å². The van der Waals surface area contributed by atoms with Gasteiger partial charge in [-0.05, 0) is 31.0 Å². The van der Waals surface area contributed by atoms with Crippen molar-refractivity contribution in [2.75, 3.05) is 12.1 Å². The van der Waals surface area contributed by atoms with E-state index in [4.69, 9.17) is 9.47 Å². The number of amides is 2. The molecule has 0 bridgehead atoms. The Balaban J connectivity index is 1.45. The molecule has 1 aromatic heterocycles. The van der Waals surface area contributed by atoms with E-state index in [9.17, 15) is 9.59 Å². The van der Waals surface area contributed by atoms with Gasteiger partial charge in [0.05, 0.1) is 11.1 Å². The van der Waals surface area contributed by atoms with E-state index < -0.39 is 0 Å². The first-order valence-electron chi connectivity index (χ1n) is 8.66. The maximum atomic E-state index is 12.5. The number of nitrogens with zero attached hydrogens (tertiary/aromatic N) is 1. The third kappa shape index (κ3) is 3.46. The van der Waals surface area contributed by atoms with Crippen molar-refractivity contribution in [3.63, 3.8) is 0 Å². The molecule has 2 heterocycles. The van der Waals surface area contributed by atoms with Crippen LogP contribution in [0, 0.1) is 0 Å². The maximum absolute atomic E-state index is 12.5. The van der Waals surface area contributed by atoms with Crippen LogP contribution in [0.4, 0.5) is 5.69 Å². The van der Waals surface area contributed by atoms with Crippen LogP contribution >= 0.6 is 0 Å². The molecule has 1 aliphatic heterocycles. The molecule has 0 atom stereocenters. The highest BCUT2D eigenvalue weighted by atomic mass is 16.7. The van der Waals surface area contributed by atoms with Gasteiger partial charge < -0.3 is 20.1 Å². The molecule has 4 rings (SSSR count). The quantitative estimate of drug-likeness (QED) is 0.882. The van der Waals surface area contributed by atoms with Gasteiger partial charge in [0.2, 0.25) is 6.79 Å². The van der Waals surface area contributed by atoms with Crippen LogP contribution in [0.5, 0.6) is 11.5 Å². The second-order valence-electron chi connectivity index (χ2n) is 6.44. The van der Waals surface area contributed by atoms with Crippen molar-refractivity contribution in [3.05, 3.63) is 47.8 Å². The minimum atomic E-state index is -0.341. The Morgan fingerprint density at radius 1 is 0.962 bits per heavy atom. The fraction of sp³-hybridized carbons (Fsp3) is 0.316. The Morgan fingerprint density at radius 3 is 2.50 bits per heavy atom. The number of ether oxygens (including phenoxy) is 2. The summed E-state index contributed by atoms with van der Waals surface area (Å²) in [4.78, 5) is 28.9. The van der Waals surface area contributed by atoms with Gasteiger partial charge >= 0.3 is 0 Å². The molecule has 26 heavy (non-hydrogen) atoms. The number of nitrogens with one attached hydrogen (secondary N) is 2. The second-order valence-corrected chi connectivity index (χ2v) is 6.44. The van der Waals surface area contributed by atoms with Crippen LogP contribution in [0.1, 0.15) is 46.4 Å². The maximum Gasteiger partial charge on any atom is 0.257 e. The average molecular weight is 353 g/mol. The highest BCUT2D eigenvalue weighted by Crippen LogP contribution is 2.34. The first kappa shape index (κ1) is 16.4. The van der Waals surface area contributed by atoms with Crippen molar-refractivity contribution in [1.29, 1.82) is 0 Å². The van der Waals surface area contributed by atoms with Gasteiger partial charge in [0.15, 0.2) is 11.5 Å². The highest BCUT2D eigenvalue weighted by molar-refractivity contribution is 6.06. The molecule has 7 heteroatoms. The number of carbonyl (C=O) groups excluding carboxylic acids is 2.